The Bertz CT molecular complexity index is 1440. The second-order valence-electron chi connectivity index (χ2n) is 16.4. The molecule has 0 amide bonds. The average molecular weight is 644 g/mol. The third kappa shape index (κ3) is 3.66. The Hall–Kier alpha value is -1.99. The molecule has 3 aliphatic heterocycles. The van der Waals surface area contributed by atoms with Gasteiger partial charge in [0.05, 0.1) is 30.0 Å². The van der Waals surface area contributed by atoms with Crippen molar-refractivity contribution in [1.29, 1.82) is 0 Å². The van der Waals surface area contributed by atoms with Crippen LogP contribution in [0.4, 0.5) is 0 Å². The molecule has 1 unspecified atom stereocenters. The number of aromatic hydroxyl groups is 1. The number of piperidine rings is 2. The van der Waals surface area contributed by atoms with Crippen LogP contribution >= 0.6 is 0 Å². The van der Waals surface area contributed by atoms with E-state index < -0.39 is 70.0 Å². The monoisotopic (exact) mass is 643 g/mol. The van der Waals surface area contributed by atoms with Gasteiger partial charge in [-0.3, -0.25) is 4.90 Å². The molecule has 8 rings (SSSR count). The predicted molar refractivity (Wildman–Crippen MR) is 163 cm³/mol. The minimum Gasteiger partial charge on any atom is -0.504 e. The summed E-state index contributed by atoms with van der Waals surface area (Å²) in [5.41, 5.74) is -4.38. The molecule has 11 heteroatoms. The number of fused-ring (bicyclic) bond motifs is 5. The van der Waals surface area contributed by atoms with Crippen molar-refractivity contribution in [2.45, 2.75) is 113 Å². The number of nitrogens with zero attached hydrogens (tertiary/aromatic N) is 1. The van der Waals surface area contributed by atoms with Gasteiger partial charge in [0, 0.05) is 42.3 Å². The second kappa shape index (κ2) is 9.80. The SMILES string of the molecule is COc1cc(C(=O)O[C@H]2CC[C@@]3(C)[C@@H]4CC[C@H]5[C@]6(O)[C@@H](O)[C@H](O)[C@H]7[C@@H](CN8C[C@@H](C)CC[C@H]8C7(C)O)[C@@H]6C[C@@]53O[C@]24O)ccc1O. The zero-order valence-electron chi connectivity index (χ0n) is 27.1. The van der Waals surface area contributed by atoms with Crippen molar-refractivity contribution in [3.63, 3.8) is 0 Å². The van der Waals surface area contributed by atoms with E-state index in [1.165, 1.54) is 25.3 Å². The normalized spacial score (nSPS) is 53.8. The quantitative estimate of drug-likeness (QED) is 0.266. The fourth-order valence-electron chi connectivity index (χ4n) is 12.5. The van der Waals surface area contributed by atoms with Crippen molar-refractivity contribution in [2.75, 3.05) is 20.2 Å². The van der Waals surface area contributed by atoms with Gasteiger partial charge in [-0.05, 0) is 87.8 Å². The third-order valence-corrected chi connectivity index (χ3v) is 14.5. The molecule has 4 saturated carbocycles. The zero-order chi connectivity index (χ0) is 32.8. The molecule has 3 saturated heterocycles. The van der Waals surface area contributed by atoms with Gasteiger partial charge in [0.2, 0.25) is 5.79 Å². The zero-order valence-corrected chi connectivity index (χ0v) is 27.1. The Labute approximate surface area is 269 Å². The number of aliphatic hydroxyl groups excluding tert-OH is 2. The Kier molecular flexibility index (Phi) is 6.67. The molecule has 6 N–H and O–H groups in total. The van der Waals surface area contributed by atoms with Gasteiger partial charge in [-0.15, -0.1) is 0 Å². The van der Waals surface area contributed by atoms with E-state index in [0.29, 0.717) is 44.6 Å². The first-order chi connectivity index (χ1) is 21.6. The Morgan fingerprint density at radius 3 is 2.50 bits per heavy atom. The van der Waals surface area contributed by atoms with Crippen LogP contribution < -0.4 is 4.74 Å². The number of carbonyl (C=O) groups excluding carboxylic acids is 1. The first kappa shape index (κ1) is 31.3. The lowest BCUT2D eigenvalue weighted by molar-refractivity contribution is -0.290. The smallest absolute Gasteiger partial charge is 0.338 e. The molecular formula is C35H49NO10. The van der Waals surface area contributed by atoms with Crippen LogP contribution in [-0.2, 0) is 9.47 Å². The molecule has 1 aromatic rings. The summed E-state index contributed by atoms with van der Waals surface area (Å²) in [6, 6.07) is 4.05. The number of phenols is 1. The molecule has 3 heterocycles. The topological polar surface area (TPSA) is 169 Å². The maximum absolute atomic E-state index is 13.3. The largest absolute Gasteiger partial charge is 0.504 e. The molecule has 1 aromatic carbocycles. The van der Waals surface area contributed by atoms with Gasteiger partial charge in [0.1, 0.15) is 11.7 Å². The minimum atomic E-state index is -1.81. The standard InChI is InChI=1S/C35H49NO10/c1-17-5-10-25-32(3,41)27-19(16-36(25)15-17)20-14-33-24(34(20,42)29(39)28(27)38)9-8-23-31(33,2)12-11-26(35(23,43)46-33)45-30(40)18-6-7-21(37)22(13-18)44-4/h6-7,13,17,19-20,23-29,37-39,41-43H,5,8-12,14-16H2,1-4H3/t17-,19-,20-,23-,24+,25-,26-,27+,28+,29-,31-,32?,33+,34-,35-/m0/s1. The summed E-state index contributed by atoms with van der Waals surface area (Å²) in [4.78, 5) is 15.7. The number of phenolic OH excluding ortho intramolecular Hbond substituents is 1. The van der Waals surface area contributed by atoms with E-state index in [1.54, 1.807) is 6.92 Å². The lowest BCUT2D eigenvalue weighted by atomic mass is 9.49. The number of esters is 1. The fraction of sp³-hybridized carbons (Fsp3) is 0.800. The van der Waals surface area contributed by atoms with Crippen molar-refractivity contribution >= 4 is 5.97 Å². The molecule has 4 aliphatic carbocycles. The van der Waals surface area contributed by atoms with E-state index in [2.05, 4.69) is 18.7 Å². The number of methoxy groups -OCH3 is 1. The van der Waals surface area contributed by atoms with Gasteiger partial charge in [0.15, 0.2) is 17.6 Å². The summed E-state index contributed by atoms with van der Waals surface area (Å²) >= 11 is 0. The van der Waals surface area contributed by atoms with Gasteiger partial charge >= 0.3 is 5.97 Å². The van der Waals surface area contributed by atoms with Gasteiger partial charge in [-0.25, -0.2) is 4.79 Å². The van der Waals surface area contributed by atoms with Crippen LogP contribution in [0.5, 0.6) is 11.5 Å². The van der Waals surface area contributed by atoms with Gasteiger partial charge in [-0.1, -0.05) is 13.8 Å². The number of carbonyl (C=O) groups is 1. The first-order valence-corrected chi connectivity index (χ1v) is 17.2. The predicted octanol–water partition coefficient (Wildman–Crippen LogP) is 1.79. The first-order valence-electron chi connectivity index (χ1n) is 17.2. The molecule has 4 bridgehead atoms. The number of hydrogen-bond acceptors (Lipinski definition) is 11. The molecule has 1 spiro atoms. The molecule has 0 radical (unpaired) electrons. The highest BCUT2D eigenvalue weighted by atomic mass is 16.7. The number of hydrogen-bond donors (Lipinski definition) is 6. The minimum absolute atomic E-state index is 0.107. The van der Waals surface area contributed by atoms with Crippen LogP contribution in [0.1, 0.15) is 76.1 Å². The Morgan fingerprint density at radius 1 is 1.02 bits per heavy atom. The lowest BCUT2D eigenvalue weighted by Crippen LogP contribution is -2.76. The summed E-state index contributed by atoms with van der Waals surface area (Å²) < 4.78 is 18.0. The Morgan fingerprint density at radius 2 is 1.76 bits per heavy atom. The van der Waals surface area contributed by atoms with Crippen molar-refractivity contribution in [1.82, 2.24) is 4.90 Å². The van der Waals surface area contributed by atoms with E-state index >= 15 is 0 Å². The molecule has 15 atom stereocenters. The van der Waals surface area contributed by atoms with Crippen molar-refractivity contribution in [2.24, 2.45) is 40.9 Å². The fourth-order valence-corrected chi connectivity index (χ4v) is 12.5. The summed E-state index contributed by atoms with van der Waals surface area (Å²) in [7, 11) is 1.39. The third-order valence-electron chi connectivity index (χ3n) is 14.5. The van der Waals surface area contributed by atoms with Crippen molar-refractivity contribution in [3.05, 3.63) is 23.8 Å². The summed E-state index contributed by atoms with van der Waals surface area (Å²) in [5.74, 6) is -4.32. The maximum Gasteiger partial charge on any atom is 0.338 e. The molecular weight excluding hydrogens is 594 g/mol. The van der Waals surface area contributed by atoms with Gasteiger partial charge < -0.3 is 44.8 Å². The molecule has 7 aliphatic rings. The van der Waals surface area contributed by atoms with E-state index in [1.807, 2.05) is 0 Å². The van der Waals surface area contributed by atoms with Gasteiger partial charge in [-0.2, -0.15) is 0 Å². The Balaban J connectivity index is 1.15. The highest BCUT2D eigenvalue weighted by molar-refractivity contribution is 5.90. The van der Waals surface area contributed by atoms with Crippen LogP contribution in [0, 0.1) is 40.9 Å². The summed E-state index contributed by atoms with van der Waals surface area (Å²) in [5, 5.41) is 70.9. The maximum atomic E-state index is 13.3. The van der Waals surface area contributed by atoms with Crippen molar-refractivity contribution < 1.29 is 49.6 Å². The van der Waals surface area contributed by atoms with E-state index in [-0.39, 0.29) is 34.9 Å². The van der Waals surface area contributed by atoms with Crippen LogP contribution in [0.25, 0.3) is 0 Å². The van der Waals surface area contributed by atoms with Crippen LogP contribution in [0.2, 0.25) is 0 Å². The van der Waals surface area contributed by atoms with Crippen molar-refractivity contribution in [3.8, 4) is 11.5 Å². The van der Waals surface area contributed by atoms with Crippen LogP contribution in [0.15, 0.2) is 18.2 Å². The van der Waals surface area contributed by atoms with E-state index in [9.17, 15) is 35.4 Å². The highest BCUT2D eigenvalue weighted by Crippen LogP contribution is 2.77. The molecule has 11 nitrogen and oxygen atoms in total. The summed E-state index contributed by atoms with van der Waals surface area (Å²) in [6.07, 6.45) is 0.301. The van der Waals surface area contributed by atoms with Crippen LogP contribution in [0.3, 0.4) is 0 Å². The molecule has 254 valence electrons. The van der Waals surface area contributed by atoms with E-state index in [4.69, 9.17) is 14.2 Å². The molecule has 7 fully saturated rings. The molecule has 0 aromatic heterocycles. The van der Waals surface area contributed by atoms with Crippen LogP contribution in [-0.4, -0.2) is 109 Å². The molecule has 46 heavy (non-hydrogen) atoms. The number of ether oxygens (including phenoxy) is 3. The van der Waals surface area contributed by atoms with E-state index in [0.717, 1.165) is 19.4 Å². The number of aliphatic hydroxyl groups is 5. The number of benzene rings is 1. The second-order valence-corrected chi connectivity index (χ2v) is 16.4. The lowest BCUT2D eigenvalue weighted by Gasteiger charge is -2.63. The highest BCUT2D eigenvalue weighted by Gasteiger charge is 2.85. The number of rotatable bonds is 3. The average Bonchev–Trinajstić information content (AvgIpc) is 3.25. The van der Waals surface area contributed by atoms with Gasteiger partial charge in [0.25, 0.3) is 0 Å². The summed E-state index contributed by atoms with van der Waals surface area (Å²) in [6.45, 7) is 7.55.